The molecule has 4 unspecified atom stereocenters. The van der Waals surface area contributed by atoms with Crippen LogP contribution in [0.5, 0.6) is 5.75 Å². The first-order chi connectivity index (χ1) is 19.8. The van der Waals surface area contributed by atoms with Gasteiger partial charge in [0, 0.05) is 18.3 Å². The third kappa shape index (κ3) is 4.90. The molecule has 2 saturated heterocycles. The lowest BCUT2D eigenvalue weighted by Gasteiger charge is -2.36. The summed E-state index contributed by atoms with van der Waals surface area (Å²) in [5.74, 6) is -1.96. The topological polar surface area (TPSA) is 97.0 Å². The second kappa shape index (κ2) is 10.9. The Balaban J connectivity index is 1.29. The van der Waals surface area contributed by atoms with E-state index in [9.17, 15) is 18.8 Å². The molecule has 216 valence electrons. The van der Waals surface area contributed by atoms with Crippen molar-refractivity contribution in [1.29, 1.82) is 0 Å². The summed E-state index contributed by atoms with van der Waals surface area (Å²) in [7, 11) is 0. The summed E-state index contributed by atoms with van der Waals surface area (Å²) in [6.07, 6.45) is 7.08. The third-order valence-corrected chi connectivity index (χ3v) is 9.06. The summed E-state index contributed by atoms with van der Waals surface area (Å²) >= 11 is 0. The standard InChI is InChI=1S/C32H36FN3O5/c1-3-40-23-14-12-22(13-15-23)34-29(37)26-25-16-17-32(41-25)27(26)31(39)36(18-20-8-10-21(33)11-9-20)28(32)30(38)35-24-7-5-4-6-19(24)2/h8-17,19,24-28H,3-7,18H2,1-2H3,(H,34,37)(H,35,38)/t19?,24?,25-,26?,27-,28?,32+/m0/s1. The largest absolute Gasteiger partial charge is 0.494 e. The molecule has 0 aromatic heterocycles. The molecule has 2 aromatic rings. The zero-order chi connectivity index (χ0) is 28.7. The molecular formula is C32H36FN3O5. The highest BCUT2D eigenvalue weighted by atomic mass is 19.1. The van der Waals surface area contributed by atoms with Crippen molar-refractivity contribution < 1.29 is 28.2 Å². The highest BCUT2D eigenvalue weighted by Crippen LogP contribution is 2.55. The molecule has 3 amide bonds. The molecule has 3 heterocycles. The van der Waals surface area contributed by atoms with Crippen molar-refractivity contribution in [3.05, 3.63) is 72.1 Å². The molecule has 1 spiro atoms. The van der Waals surface area contributed by atoms with E-state index in [0.717, 1.165) is 25.7 Å². The molecule has 2 bridgehead atoms. The Kier molecular flexibility index (Phi) is 7.32. The number of carbonyl (C=O) groups is 3. The van der Waals surface area contributed by atoms with Crippen LogP contribution in [0.15, 0.2) is 60.7 Å². The number of halogens is 1. The first-order valence-corrected chi connectivity index (χ1v) is 14.6. The average molecular weight is 562 g/mol. The van der Waals surface area contributed by atoms with Gasteiger partial charge in [-0.3, -0.25) is 14.4 Å². The van der Waals surface area contributed by atoms with E-state index in [-0.39, 0.29) is 36.1 Å². The molecular weight excluding hydrogens is 525 g/mol. The Morgan fingerprint density at radius 2 is 1.80 bits per heavy atom. The number of carbonyl (C=O) groups excluding carboxylic acids is 3. The molecule has 4 aliphatic rings. The summed E-state index contributed by atoms with van der Waals surface area (Å²) in [6.45, 7) is 4.67. The molecule has 41 heavy (non-hydrogen) atoms. The Hall–Kier alpha value is -3.72. The van der Waals surface area contributed by atoms with E-state index in [0.29, 0.717) is 29.5 Å². The molecule has 6 rings (SSSR count). The second-order valence-electron chi connectivity index (χ2n) is 11.6. The van der Waals surface area contributed by atoms with Crippen molar-refractivity contribution in [3.8, 4) is 5.75 Å². The maximum atomic E-state index is 14.2. The lowest BCUT2D eigenvalue weighted by Crippen LogP contribution is -2.57. The van der Waals surface area contributed by atoms with Gasteiger partial charge in [0.05, 0.1) is 24.5 Å². The third-order valence-electron chi connectivity index (χ3n) is 9.06. The predicted molar refractivity (Wildman–Crippen MR) is 150 cm³/mol. The minimum atomic E-state index is -1.26. The van der Waals surface area contributed by atoms with Gasteiger partial charge in [-0.25, -0.2) is 4.39 Å². The molecule has 8 nitrogen and oxygen atoms in total. The maximum Gasteiger partial charge on any atom is 0.246 e. The fourth-order valence-corrected chi connectivity index (χ4v) is 7.04. The van der Waals surface area contributed by atoms with Gasteiger partial charge in [0.15, 0.2) is 0 Å². The van der Waals surface area contributed by atoms with Crippen molar-refractivity contribution in [3.63, 3.8) is 0 Å². The number of fused-ring (bicyclic) bond motifs is 1. The van der Waals surface area contributed by atoms with E-state index in [4.69, 9.17) is 9.47 Å². The van der Waals surface area contributed by atoms with E-state index in [1.807, 2.05) is 6.92 Å². The maximum absolute atomic E-state index is 14.2. The van der Waals surface area contributed by atoms with Crippen molar-refractivity contribution >= 4 is 23.4 Å². The van der Waals surface area contributed by atoms with Crippen LogP contribution in [-0.2, 0) is 25.7 Å². The fraction of sp³-hybridized carbons (Fsp3) is 0.469. The van der Waals surface area contributed by atoms with Crippen LogP contribution < -0.4 is 15.4 Å². The molecule has 3 fully saturated rings. The summed E-state index contributed by atoms with van der Waals surface area (Å²) in [5.41, 5.74) is 0.00671. The van der Waals surface area contributed by atoms with Crippen molar-refractivity contribution in [2.24, 2.45) is 17.8 Å². The van der Waals surface area contributed by atoms with Crippen LogP contribution in [0.25, 0.3) is 0 Å². The van der Waals surface area contributed by atoms with E-state index >= 15 is 0 Å². The van der Waals surface area contributed by atoms with Gasteiger partial charge in [0.1, 0.15) is 23.2 Å². The zero-order valence-electron chi connectivity index (χ0n) is 23.3. The Bertz CT molecular complexity index is 1350. The fourth-order valence-electron chi connectivity index (χ4n) is 7.04. The van der Waals surface area contributed by atoms with E-state index in [1.54, 1.807) is 48.6 Å². The molecule has 9 heteroatoms. The summed E-state index contributed by atoms with van der Waals surface area (Å²) in [6, 6.07) is 12.0. The highest BCUT2D eigenvalue weighted by Gasteiger charge is 2.72. The second-order valence-corrected chi connectivity index (χ2v) is 11.6. The Morgan fingerprint density at radius 1 is 1.07 bits per heavy atom. The van der Waals surface area contributed by atoms with Gasteiger partial charge in [-0.15, -0.1) is 0 Å². The van der Waals surface area contributed by atoms with Crippen molar-refractivity contribution in [1.82, 2.24) is 10.2 Å². The van der Waals surface area contributed by atoms with E-state index in [1.165, 1.54) is 17.0 Å². The van der Waals surface area contributed by atoms with Crippen LogP contribution in [0.2, 0.25) is 0 Å². The molecule has 2 aromatic carbocycles. The van der Waals surface area contributed by atoms with Crippen LogP contribution in [-0.4, -0.2) is 53.0 Å². The molecule has 1 saturated carbocycles. The smallest absolute Gasteiger partial charge is 0.246 e. The van der Waals surface area contributed by atoms with Crippen molar-refractivity contribution in [2.45, 2.75) is 69.9 Å². The van der Waals surface area contributed by atoms with Crippen LogP contribution in [0.1, 0.15) is 45.1 Å². The molecule has 2 N–H and O–H groups in total. The van der Waals surface area contributed by atoms with Gasteiger partial charge < -0.3 is 25.0 Å². The molecule has 1 aliphatic carbocycles. The molecule has 3 aliphatic heterocycles. The zero-order valence-corrected chi connectivity index (χ0v) is 23.3. The summed E-state index contributed by atoms with van der Waals surface area (Å²) in [5, 5.41) is 6.16. The van der Waals surface area contributed by atoms with Crippen LogP contribution in [0.3, 0.4) is 0 Å². The number of hydrogen-bond donors (Lipinski definition) is 2. The van der Waals surface area contributed by atoms with Gasteiger partial charge in [-0.05, 0) is 67.6 Å². The number of amides is 3. The molecule has 0 radical (unpaired) electrons. The number of ether oxygens (including phenoxy) is 2. The monoisotopic (exact) mass is 561 g/mol. The normalized spacial score (nSPS) is 31.7. The predicted octanol–water partition coefficient (Wildman–Crippen LogP) is 4.21. The average Bonchev–Trinajstić information content (AvgIpc) is 3.60. The van der Waals surface area contributed by atoms with E-state index in [2.05, 4.69) is 17.6 Å². The number of anilines is 1. The number of hydrogen-bond acceptors (Lipinski definition) is 5. The van der Waals surface area contributed by atoms with E-state index < -0.39 is 29.6 Å². The first-order valence-electron chi connectivity index (χ1n) is 14.6. The number of likely N-dealkylation sites (tertiary alicyclic amines) is 1. The van der Waals surface area contributed by atoms with Gasteiger partial charge in [-0.1, -0.05) is 44.1 Å². The minimum Gasteiger partial charge on any atom is -0.494 e. The Labute approximate surface area is 239 Å². The number of rotatable bonds is 8. The number of benzene rings is 2. The molecule has 7 atom stereocenters. The van der Waals surface area contributed by atoms with Crippen LogP contribution >= 0.6 is 0 Å². The quantitative estimate of drug-likeness (QED) is 0.471. The van der Waals surface area contributed by atoms with Gasteiger partial charge in [-0.2, -0.15) is 0 Å². The van der Waals surface area contributed by atoms with Crippen molar-refractivity contribution in [2.75, 3.05) is 11.9 Å². The minimum absolute atomic E-state index is 0.0100. The van der Waals surface area contributed by atoms with Gasteiger partial charge in [0.25, 0.3) is 0 Å². The van der Waals surface area contributed by atoms with Crippen LogP contribution in [0, 0.1) is 23.6 Å². The summed E-state index contributed by atoms with van der Waals surface area (Å²) < 4.78 is 25.6. The Morgan fingerprint density at radius 3 is 2.51 bits per heavy atom. The lowest BCUT2D eigenvalue weighted by molar-refractivity contribution is -0.142. The first kappa shape index (κ1) is 27.4. The summed E-state index contributed by atoms with van der Waals surface area (Å²) in [4.78, 5) is 43.4. The van der Waals surface area contributed by atoms with Gasteiger partial charge >= 0.3 is 0 Å². The van der Waals surface area contributed by atoms with Gasteiger partial charge in [0.2, 0.25) is 17.7 Å². The number of nitrogens with one attached hydrogen (secondary N) is 2. The number of nitrogens with zero attached hydrogens (tertiary/aromatic N) is 1. The highest BCUT2D eigenvalue weighted by molar-refractivity contribution is 6.02. The lowest BCUT2D eigenvalue weighted by atomic mass is 9.74. The SMILES string of the molecule is CCOc1ccc(NC(=O)C2[C@@H]3C=C[C@]4(O3)C(C(=O)NC3CCCCC3C)N(Cc3ccc(F)cc3)C(=O)[C@H]24)cc1. The van der Waals surface area contributed by atoms with Crippen LogP contribution in [0.4, 0.5) is 10.1 Å².